The van der Waals surface area contributed by atoms with Gasteiger partial charge in [-0.3, -0.25) is 9.69 Å². The van der Waals surface area contributed by atoms with Crippen molar-refractivity contribution >= 4 is 43.5 Å². The van der Waals surface area contributed by atoms with E-state index in [0.29, 0.717) is 0 Å². The van der Waals surface area contributed by atoms with Gasteiger partial charge in [0.05, 0.1) is 5.70 Å². The molecule has 116 valence electrons. The monoisotopic (exact) mass is 423 g/mol. The second kappa shape index (κ2) is 6.24. The Kier molecular flexibility index (Phi) is 3.94. The van der Waals surface area contributed by atoms with Gasteiger partial charge in [-0.1, -0.05) is 66.7 Å². The lowest BCUT2D eigenvalue weighted by Gasteiger charge is -2.20. The molecule has 0 fully saturated rings. The molecule has 4 rings (SSSR count). The molecule has 3 aromatic carbocycles. The van der Waals surface area contributed by atoms with Crippen molar-refractivity contribution in [3.05, 3.63) is 102 Å². The van der Waals surface area contributed by atoms with Gasteiger partial charge in [0.15, 0.2) is 0 Å². The van der Waals surface area contributed by atoms with Crippen LogP contribution in [0.3, 0.4) is 0 Å². The van der Waals surface area contributed by atoms with E-state index < -0.39 is 0 Å². The first kappa shape index (κ1) is 15.1. The van der Waals surface area contributed by atoms with Crippen molar-refractivity contribution in [1.29, 1.82) is 0 Å². The highest BCUT2D eigenvalue weighted by Gasteiger charge is 2.34. The van der Waals surface area contributed by atoms with Crippen molar-refractivity contribution in [2.24, 2.45) is 0 Å². The lowest BCUT2D eigenvalue weighted by Crippen LogP contribution is -2.22. The zero-order valence-corrected chi connectivity index (χ0v) is 15.0. The zero-order chi connectivity index (χ0) is 16.5. The van der Waals surface area contributed by atoms with Gasteiger partial charge in [0.2, 0.25) is 0 Å². The van der Waals surface area contributed by atoms with Crippen molar-refractivity contribution < 1.29 is 4.79 Å². The highest BCUT2D eigenvalue weighted by Crippen LogP contribution is 2.43. The van der Waals surface area contributed by atoms with Gasteiger partial charge in [0, 0.05) is 20.4 Å². The Morgan fingerprint density at radius 1 is 0.708 bits per heavy atom. The molecular formula is C21H14INO. The first-order valence-corrected chi connectivity index (χ1v) is 8.79. The minimum atomic E-state index is 0.0249. The first-order chi connectivity index (χ1) is 11.8. The number of rotatable bonds is 2. The number of halogens is 1. The van der Waals surface area contributed by atoms with E-state index in [1.54, 1.807) is 0 Å². The van der Waals surface area contributed by atoms with E-state index in [0.717, 1.165) is 31.7 Å². The average molecular weight is 423 g/mol. The molecule has 0 bridgehead atoms. The van der Waals surface area contributed by atoms with Crippen LogP contribution >= 0.6 is 22.6 Å². The number of hydrogen-bond donors (Lipinski definition) is 0. The van der Waals surface area contributed by atoms with Crippen LogP contribution < -0.4 is 4.90 Å². The maximum Gasteiger partial charge on any atom is 0.263 e. The maximum absolute atomic E-state index is 13.0. The Hall–Kier alpha value is -2.40. The molecule has 0 aliphatic carbocycles. The summed E-state index contributed by atoms with van der Waals surface area (Å²) in [6, 6.07) is 27.8. The third-order valence-electron chi connectivity index (χ3n) is 4.09. The molecule has 1 aliphatic heterocycles. The Morgan fingerprint density at radius 2 is 1.25 bits per heavy atom. The molecule has 1 heterocycles. The van der Waals surface area contributed by atoms with E-state index in [4.69, 9.17) is 0 Å². The number of carbonyl (C=O) groups excluding carboxylic acids is 1. The summed E-state index contributed by atoms with van der Waals surface area (Å²) < 4.78 is 1.07. The summed E-state index contributed by atoms with van der Waals surface area (Å²) in [5.41, 5.74) is 4.69. The minimum absolute atomic E-state index is 0.0249. The van der Waals surface area contributed by atoms with Crippen molar-refractivity contribution in [2.75, 3.05) is 4.90 Å². The van der Waals surface area contributed by atoms with Gasteiger partial charge in [-0.25, -0.2) is 0 Å². The first-order valence-electron chi connectivity index (χ1n) is 7.71. The summed E-state index contributed by atoms with van der Waals surface area (Å²) >= 11 is 2.34. The Balaban J connectivity index is 1.99. The van der Waals surface area contributed by atoms with E-state index in [1.807, 2.05) is 77.7 Å². The molecule has 0 atom stereocenters. The maximum atomic E-state index is 13.0. The molecule has 1 amide bonds. The SMILES string of the molecule is O=C1c2ccccc2/C(=C(/I)c2ccccc2)N1c1ccccc1. The summed E-state index contributed by atoms with van der Waals surface area (Å²) in [6.07, 6.45) is 0. The van der Waals surface area contributed by atoms with E-state index in [9.17, 15) is 4.79 Å². The van der Waals surface area contributed by atoms with Crippen LogP contribution in [0, 0.1) is 0 Å². The fourth-order valence-corrected chi connectivity index (χ4v) is 3.87. The lowest BCUT2D eigenvalue weighted by molar-refractivity contribution is 0.101. The Morgan fingerprint density at radius 3 is 1.92 bits per heavy atom. The van der Waals surface area contributed by atoms with Gasteiger partial charge in [-0.2, -0.15) is 0 Å². The highest BCUT2D eigenvalue weighted by atomic mass is 127. The van der Waals surface area contributed by atoms with Crippen LogP contribution in [0.2, 0.25) is 0 Å². The molecule has 0 aromatic heterocycles. The van der Waals surface area contributed by atoms with Crippen LogP contribution in [0.25, 0.3) is 9.28 Å². The number of nitrogens with zero attached hydrogens (tertiary/aromatic N) is 1. The van der Waals surface area contributed by atoms with Crippen molar-refractivity contribution in [1.82, 2.24) is 0 Å². The fraction of sp³-hybridized carbons (Fsp3) is 0. The van der Waals surface area contributed by atoms with E-state index >= 15 is 0 Å². The van der Waals surface area contributed by atoms with Crippen LogP contribution in [-0.2, 0) is 0 Å². The number of anilines is 1. The molecule has 0 spiro atoms. The molecule has 24 heavy (non-hydrogen) atoms. The van der Waals surface area contributed by atoms with Crippen LogP contribution in [-0.4, -0.2) is 5.91 Å². The normalized spacial score (nSPS) is 15.4. The van der Waals surface area contributed by atoms with Crippen LogP contribution in [0.15, 0.2) is 84.9 Å². The molecule has 0 unspecified atom stereocenters. The van der Waals surface area contributed by atoms with Gasteiger partial charge in [-0.15, -0.1) is 0 Å². The Bertz CT molecular complexity index is 932. The van der Waals surface area contributed by atoms with Crippen LogP contribution in [0.4, 0.5) is 5.69 Å². The van der Waals surface area contributed by atoms with E-state index in [2.05, 4.69) is 34.7 Å². The molecule has 3 heteroatoms. The zero-order valence-electron chi connectivity index (χ0n) is 12.8. The molecule has 1 aliphatic rings. The summed E-state index contributed by atoms with van der Waals surface area (Å²) in [6.45, 7) is 0. The van der Waals surface area contributed by atoms with Crippen molar-refractivity contribution in [3.8, 4) is 0 Å². The summed E-state index contributed by atoms with van der Waals surface area (Å²) in [7, 11) is 0. The third kappa shape index (κ3) is 2.45. The van der Waals surface area contributed by atoms with Crippen LogP contribution in [0.5, 0.6) is 0 Å². The third-order valence-corrected chi connectivity index (χ3v) is 5.22. The number of para-hydroxylation sites is 1. The molecule has 0 saturated heterocycles. The van der Waals surface area contributed by atoms with Gasteiger partial charge < -0.3 is 0 Å². The molecule has 0 radical (unpaired) electrons. The summed E-state index contributed by atoms with van der Waals surface area (Å²) in [4.78, 5) is 14.9. The molecule has 0 N–H and O–H groups in total. The largest absolute Gasteiger partial charge is 0.275 e. The van der Waals surface area contributed by atoms with Crippen LogP contribution in [0.1, 0.15) is 21.5 Å². The quantitative estimate of drug-likeness (QED) is 0.491. The summed E-state index contributed by atoms with van der Waals surface area (Å²) in [5.74, 6) is 0.0249. The topological polar surface area (TPSA) is 20.3 Å². The second-order valence-corrected chi connectivity index (χ2v) is 6.63. The minimum Gasteiger partial charge on any atom is -0.275 e. The van der Waals surface area contributed by atoms with E-state index in [1.165, 1.54) is 0 Å². The van der Waals surface area contributed by atoms with Gasteiger partial charge in [-0.05, 0) is 46.4 Å². The number of fused-ring (bicyclic) bond motifs is 1. The Labute approximate surface area is 154 Å². The van der Waals surface area contributed by atoms with Gasteiger partial charge in [0.25, 0.3) is 5.91 Å². The predicted octanol–water partition coefficient (Wildman–Crippen LogP) is 5.61. The van der Waals surface area contributed by atoms with E-state index in [-0.39, 0.29) is 5.91 Å². The van der Waals surface area contributed by atoms with Gasteiger partial charge in [0.1, 0.15) is 0 Å². The number of amides is 1. The summed E-state index contributed by atoms with van der Waals surface area (Å²) in [5, 5.41) is 0. The van der Waals surface area contributed by atoms with Gasteiger partial charge >= 0.3 is 0 Å². The van der Waals surface area contributed by atoms with Crippen molar-refractivity contribution in [2.45, 2.75) is 0 Å². The molecular weight excluding hydrogens is 409 g/mol. The highest BCUT2D eigenvalue weighted by molar-refractivity contribution is 14.1. The number of carbonyl (C=O) groups is 1. The predicted molar refractivity (Wildman–Crippen MR) is 107 cm³/mol. The second-order valence-electron chi connectivity index (χ2n) is 5.55. The molecule has 3 aromatic rings. The lowest BCUT2D eigenvalue weighted by atomic mass is 10.1. The average Bonchev–Trinajstić information content (AvgIpc) is 2.95. The smallest absolute Gasteiger partial charge is 0.263 e. The fourth-order valence-electron chi connectivity index (χ4n) is 2.98. The van der Waals surface area contributed by atoms with Crippen molar-refractivity contribution in [3.63, 3.8) is 0 Å². The molecule has 2 nitrogen and oxygen atoms in total. The number of hydrogen-bond acceptors (Lipinski definition) is 1. The number of benzene rings is 3. The molecule has 0 saturated carbocycles. The standard InChI is InChI=1S/C21H14INO/c22-19(15-9-3-1-4-10-15)20-17-13-7-8-14-18(17)21(24)23(20)16-11-5-2-6-12-16/h1-14H/b20-19-.